The van der Waals surface area contributed by atoms with E-state index in [1.165, 1.54) is 5.56 Å². The van der Waals surface area contributed by atoms with E-state index in [0.29, 0.717) is 6.54 Å². The van der Waals surface area contributed by atoms with Gasteiger partial charge in [-0.1, -0.05) is 19.1 Å². The van der Waals surface area contributed by atoms with Gasteiger partial charge in [0, 0.05) is 24.2 Å². The van der Waals surface area contributed by atoms with Crippen LogP contribution in [0.1, 0.15) is 64.0 Å². The average molecular weight is 330 g/mol. The van der Waals surface area contributed by atoms with Crippen molar-refractivity contribution in [3.63, 3.8) is 0 Å². The molecular formula is C20H30N2O2. The van der Waals surface area contributed by atoms with Gasteiger partial charge in [0.2, 0.25) is 5.91 Å². The van der Waals surface area contributed by atoms with E-state index in [4.69, 9.17) is 0 Å². The van der Waals surface area contributed by atoms with Crippen LogP contribution in [-0.4, -0.2) is 23.2 Å². The molecule has 0 spiro atoms. The molecule has 2 aliphatic rings. The van der Waals surface area contributed by atoms with Crippen molar-refractivity contribution in [2.75, 3.05) is 11.9 Å². The number of rotatable bonds is 6. The predicted molar refractivity (Wildman–Crippen MR) is 96.8 cm³/mol. The third-order valence-corrected chi connectivity index (χ3v) is 5.57. The van der Waals surface area contributed by atoms with Gasteiger partial charge in [0.1, 0.15) is 0 Å². The van der Waals surface area contributed by atoms with Gasteiger partial charge in [0.15, 0.2) is 0 Å². The highest BCUT2D eigenvalue weighted by atomic mass is 16.3. The van der Waals surface area contributed by atoms with E-state index >= 15 is 0 Å². The summed E-state index contributed by atoms with van der Waals surface area (Å²) in [5, 5.41) is 17.1. The van der Waals surface area contributed by atoms with E-state index < -0.39 is 5.60 Å². The quantitative estimate of drug-likeness (QED) is 0.746. The van der Waals surface area contributed by atoms with Crippen LogP contribution in [-0.2, 0) is 4.79 Å². The minimum absolute atomic E-state index is 0.141. The SMILES string of the molecule is CC1CCC(O)(CNC(C)c2ccc(NC(=O)C3CC3)cc2)CC1. The number of carbonyl (C=O) groups is 1. The lowest BCUT2D eigenvalue weighted by Crippen LogP contribution is -2.44. The zero-order chi connectivity index (χ0) is 17.2. The molecule has 0 bridgehead atoms. The third kappa shape index (κ3) is 4.58. The second kappa shape index (κ2) is 7.24. The molecule has 1 aromatic rings. The van der Waals surface area contributed by atoms with Crippen LogP contribution in [0.3, 0.4) is 0 Å². The number of anilines is 1. The number of carbonyl (C=O) groups excluding carboxylic acids is 1. The molecule has 0 heterocycles. The van der Waals surface area contributed by atoms with Gasteiger partial charge in [-0.15, -0.1) is 0 Å². The second-order valence-electron chi connectivity index (χ2n) is 7.89. The number of aliphatic hydroxyl groups is 1. The van der Waals surface area contributed by atoms with Gasteiger partial charge in [-0.05, 0) is 69.1 Å². The number of amides is 1. The van der Waals surface area contributed by atoms with E-state index in [9.17, 15) is 9.90 Å². The summed E-state index contributed by atoms with van der Waals surface area (Å²) in [6, 6.07) is 8.21. The van der Waals surface area contributed by atoms with Gasteiger partial charge in [0.25, 0.3) is 0 Å². The first-order valence-corrected chi connectivity index (χ1v) is 9.32. The molecule has 4 nitrogen and oxygen atoms in total. The maximum Gasteiger partial charge on any atom is 0.227 e. The Kier molecular flexibility index (Phi) is 5.26. The molecule has 3 rings (SSSR count). The monoisotopic (exact) mass is 330 g/mol. The highest BCUT2D eigenvalue weighted by Gasteiger charge is 2.32. The molecule has 0 radical (unpaired) electrons. The fourth-order valence-electron chi connectivity index (χ4n) is 3.38. The van der Waals surface area contributed by atoms with E-state index in [-0.39, 0.29) is 17.9 Å². The molecule has 1 amide bonds. The predicted octanol–water partition coefficient (Wildman–Crippen LogP) is 3.63. The Morgan fingerprint density at radius 2 is 1.83 bits per heavy atom. The van der Waals surface area contributed by atoms with Crippen LogP contribution in [0.5, 0.6) is 0 Å². The van der Waals surface area contributed by atoms with Crippen LogP contribution >= 0.6 is 0 Å². The minimum atomic E-state index is -0.557. The lowest BCUT2D eigenvalue weighted by molar-refractivity contribution is -0.117. The zero-order valence-electron chi connectivity index (χ0n) is 14.8. The Hall–Kier alpha value is -1.39. The molecule has 1 unspecified atom stereocenters. The molecule has 2 fully saturated rings. The highest BCUT2D eigenvalue weighted by Crippen LogP contribution is 2.32. The van der Waals surface area contributed by atoms with Gasteiger partial charge in [-0.2, -0.15) is 0 Å². The van der Waals surface area contributed by atoms with Crippen molar-refractivity contribution in [1.29, 1.82) is 0 Å². The maximum absolute atomic E-state index is 11.8. The molecule has 2 saturated carbocycles. The van der Waals surface area contributed by atoms with Crippen molar-refractivity contribution in [3.8, 4) is 0 Å². The number of nitrogens with one attached hydrogen (secondary N) is 2. The van der Waals surface area contributed by atoms with E-state index in [1.54, 1.807) is 0 Å². The minimum Gasteiger partial charge on any atom is -0.389 e. The molecule has 3 N–H and O–H groups in total. The smallest absolute Gasteiger partial charge is 0.227 e. The van der Waals surface area contributed by atoms with Crippen molar-refractivity contribution in [1.82, 2.24) is 5.32 Å². The Bertz CT molecular complexity index is 558. The molecule has 24 heavy (non-hydrogen) atoms. The zero-order valence-corrected chi connectivity index (χ0v) is 14.8. The number of hydrogen-bond donors (Lipinski definition) is 3. The highest BCUT2D eigenvalue weighted by molar-refractivity contribution is 5.93. The summed E-state index contributed by atoms with van der Waals surface area (Å²) in [4.78, 5) is 11.8. The molecule has 2 aliphatic carbocycles. The molecule has 1 atom stereocenters. The van der Waals surface area contributed by atoms with Gasteiger partial charge in [-0.25, -0.2) is 0 Å². The van der Waals surface area contributed by atoms with Crippen molar-refractivity contribution >= 4 is 11.6 Å². The third-order valence-electron chi connectivity index (χ3n) is 5.57. The molecule has 1 aromatic carbocycles. The number of hydrogen-bond acceptors (Lipinski definition) is 3. The van der Waals surface area contributed by atoms with Crippen LogP contribution in [0, 0.1) is 11.8 Å². The molecular weight excluding hydrogens is 300 g/mol. The van der Waals surface area contributed by atoms with Crippen LogP contribution < -0.4 is 10.6 Å². The standard InChI is InChI=1S/C20H30N2O2/c1-14-9-11-20(24,12-10-14)13-21-15(2)16-5-7-18(8-6-16)22-19(23)17-3-4-17/h5-8,14-15,17,21,24H,3-4,9-13H2,1-2H3,(H,22,23). The Balaban J connectivity index is 1.49. The lowest BCUT2D eigenvalue weighted by atomic mass is 9.79. The Morgan fingerprint density at radius 3 is 2.42 bits per heavy atom. The van der Waals surface area contributed by atoms with Crippen LogP contribution in [0.2, 0.25) is 0 Å². The Morgan fingerprint density at radius 1 is 1.21 bits per heavy atom. The summed E-state index contributed by atoms with van der Waals surface area (Å²) >= 11 is 0. The molecule has 0 saturated heterocycles. The first kappa shape index (κ1) is 17.4. The van der Waals surface area contributed by atoms with Crippen molar-refractivity contribution in [3.05, 3.63) is 29.8 Å². The summed E-state index contributed by atoms with van der Waals surface area (Å²) in [6.07, 6.45) is 6.04. The van der Waals surface area contributed by atoms with Gasteiger partial charge < -0.3 is 15.7 Å². The largest absolute Gasteiger partial charge is 0.389 e. The first-order chi connectivity index (χ1) is 11.5. The maximum atomic E-state index is 11.8. The Labute approximate surface area is 145 Å². The van der Waals surface area contributed by atoms with Gasteiger partial charge in [-0.3, -0.25) is 4.79 Å². The molecule has 132 valence electrons. The first-order valence-electron chi connectivity index (χ1n) is 9.32. The molecule has 0 aromatic heterocycles. The lowest BCUT2D eigenvalue weighted by Gasteiger charge is -2.36. The van der Waals surface area contributed by atoms with Gasteiger partial charge >= 0.3 is 0 Å². The molecule has 0 aliphatic heterocycles. The molecule has 4 heteroatoms. The summed E-state index contributed by atoms with van der Waals surface area (Å²) in [5.41, 5.74) is 1.48. The fourth-order valence-corrected chi connectivity index (χ4v) is 3.38. The van der Waals surface area contributed by atoms with E-state index in [2.05, 4.69) is 24.5 Å². The topological polar surface area (TPSA) is 61.4 Å². The fraction of sp³-hybridized carbons (Fsp3) is 0.650. The summed E-state index contributed by atoms with van der Waals surface area (Å²) in [7, 11) is 0. The average Bonchev–Trinajstić information content (AvgIpc) is 3.42. The van der Waals surface area contributed by atoms with E-state index in [1.807, 2.05) is 24.3 Å². The summed E-state index contributed by atoms with van der Waals surface area (Å²) in [5.74, 6) is 1.10. The van der Waals surface area contributed by atoms with Crippen molar-refractivity contribution in [2.45, 2.75) is 64.0 Å². The van der Waals surface area contributed by atoms with Gasteiger partial charge in [0.05, 0.1) is 5.60 Å². The second-order valence-corrected chi connectivity index (χ2v) is 7.89. The van der Waals surface area contributed by atoms with Crippen molar-refractivity contribution < 1.29 is 9.90 Å². The summed E-state index contributed by atoms with van der Waals surface area (Å²) in [6.45, 7) is 5.02. The van der Waals surface area contributed by atoms with Crippen molar-refractivity contribution in [2.24, 2.45) is 11.8 Å². The van der Waals surface area contributed by atoms with Crippen LogP contribution in [0.25, 0.3) is 0 Å². The van der Waals surface area contributed by atoms with Crippen LogP contribution in [0.15, 0.2) is 24.3 Å². The van der Waals surface area contributed by atoms with Crippen LogP contribution in [0.4, 0.5) is 5.69 Å². The number of benzene rings is 1. The normalized spacial score (nSPS) is 28.4. The summed E-state index contributed by atoms with van der Waals surface area (Å²) < 4.78 is 0. The van der Waals surface area contributed by atoms with E-state index in [0.717, 1.165) is 50.1 Å².